The lowest BCUT2D eigenvalue weighted by atomic mass is 9.97. The highest BCUT2D eigenvalue weighted by molar-refractivity contribution is 6.32. The van der Waals surface area contributed by atoms with E-state index in [1.54, 1.807) is 18.3 Å². The molecular weight excluding hydrogens is 248 g/mol. The molecule has 1 aliphatic carbocycles. The number of nitrogens with zero attached hydrogens (tertiary/aromatic N) is 1. The van der Waals surface area contributed by atoms with E-state index in [4.69, 9.17) is 11.6 Å². The van der Waals surface area contributed by atoms with Gasteiger partial charge in [0.15, 0.2) is 0 Å². The van der Waals surface area contributed by atoms with Crippen molar-refractivity contribution < 1.29 is 4.79 Å². The topological polar surface area (TPSA) is 42.0 Å². The van der Waals surface area contributed by atoms with Gasteiger partial charge in [-0.2, -0.15) is 0 Å². The first-order chi connectivity index (χ1) is 8.68. The van der Waals surface area contributed by atoms with Crippen LogP contribution in [0.15, 0.2) is 18.3 Å². The predicted octanol–water partition coefficient (Wildman–Crippen LogP) is 3.43. The Morgan fingerprint density at radius 3 is 2.94 bits per heavy atom. The lowest BCUT2D eigenvalue weighted by Crippen LogP contribution is -2.39. The van der Waals surface area contributed by atoms with Crippen LogP contribution in [0.4, 0.5) is 0 Å². The summed E-state index contributed by atoms with van der Waals surface area (Å²) >= 11 is 5.93. The van der Waals surface area contributed by atoms with Gasteiger partial charge in [-0.25, -0.2) is 4.98 Å². The molecule has 2 unspecified atom stereocenters. The van der Waals surface area contributed by atoms with Crippen LogP contribution in [0.25, 0.3) is 0 Å². The molecule has 0 aromatic carbocycles. The molecule has 4 heteroatoms. The number of rotatable bonds is 2. The van der Waals surface area contributed by atoms with Crippen LogP contribution in [-0.4, -0.2) is 16.9 Å². The highest BCUT2D eigenvalue weighted by Crippen LogP contribution is 2.23. The number of pyridine rings is 1. The number of amides is 1. The molecule has 2 atom stereocenters. The third kappa shape index (κ3) is 3.22. The molecule has 1 N–H and O–H groups in total. The summed E-state index contributed by atoms with van der Waals surface area (Å²) in [7, 11) is 0. The van der Waals surface area contributed by atoms with Crippen molar-refractivity contribution in [3.63, 3.8) is 0 Å². The Kier molecular flexibility index (Phi) is 4.59. The van der Waals surface area contributed by atoms with Gasteiger partial charge in [0, 0.05) is 12.2 Å². The normalized spacial score (nSPS) is 24.3. The first-order valence-electron chi connectivity index (χ1n) is 6.60. The van der Waals surface area contributed by atoms with Crippen molar-refractivity contribution in [1.82, 2.24) is 10.3 Å². The molecule has 0 radical (unpaired) electrons. The molecule has 3 nitrogen and oxygen atoms in total. The third-order valence-electron chi connectivity index (χ3n) is 3.68. The molecule has 1 saturated carbocycles. The minimum atomic E-state index is -0.105. The highest BCUT2D eigenvalue weighted by atomic mass is 35.5. The maximum absolute atomic E-state index is 12.2. The molecule has 98 valence electrons. The number of nitrogens with one attached hydrogen (secondary N) is 1. The Labute approximate surface area is 113 Å². The molecule has 1 aromatic heterocycles. The third-order valence-corrected chi connectivity index (χ3v) is 3.98. The van der Waals surface area contributed by atoms with Crippen LogP contribution in [0.3, 0.4) is 0 Å². The second kappa shape index (κ2) is 6.19. The van der Waals surface area contributed by atoms with E-state index < -0.39 is 0 Å². The monoisotopic (exact) mass is 266 g/mol. The summed E-state index contributed by atoms with van der Waals surface area (Å²) in [6.07, 6.45) is 7.56. The Bertz CT molecular complexity index is 422. The maximum atomic E-state index is 12.2. The standard InChI is InChI=1S/C14H19ClN2O/c1-10-6-3-2-4-8-12(10)17-14(18)11-7-5-9-16-13(11)15/h5,7,9-10,12H,2-4,6,8H2,1H3,(H,17,18). The molecule has 1 heterocycles. The summed E-state index contributed by atoms with van der Waals surface area (Å²) in [6, 6.07) is 3.71. The summed E-state index contributed by atoms with van der Waals surface area (Å²) in [5.74, 6) is 0.429. The Morgan fingerprint density at radius 2 is 2.17 bits per heavy atom. The number of carbonyl (C=O) groups is 1. The van der Waals surface area contributed by atoms with E-state index >= 15 is 0 Å². The fourth-order valence-electron chi connectivity index (χ4n) is 2.51. The summed E-state index contributed by atoms with van der Waals surface area (Å²) in [4.78, 5) is 16.1. The molecule has 1 aliphatic rings. The van der Waals surface area contributed by atoms with Gasteiger partial charge in [-0.1, -0.05) is 37.8 Å². The van der Waals surface area contributed by atoms with Crippen molar-refractivity contribution >= 4 is 17.5 Å². The number of hydrogen-bond acceptors (Lipinski definition) is 2. The number of carbonyl (C=O) groups excluding carboxylic acids is 1. The first-order valence-corrected chi connectivity index (χ1v) is 6.97. The van der Waals surface area contributed by atoms with Crippen molar-refractivity contribution in [2.24, 2.45) is 5.92 Å². The second-order valence-electron chi connectivity index (χ2n) is 5.04. The van der Waals surface area contributed by atoms with Crippen molar-refractivity contribution in [2.75, 3.05) is 0 Å². The van der Waals surface area contributed by atoms with Crippen molar-refractivity contribution in [3.05, 3.63) is 29.0 Å². The molecule has 0 spiro atoms. The van der Waals surface area contributed by atoms with Gasteiger partial charge >= 0.3 is 0 Å². The number of hydrogen-bond donors (Lipinski definition) is 1. The van der Waals surface area contributed by atoms with Gasteiger partial charge in [0.25, 0.3) is 5.91 Å². The van der Waals surface area contributed by atoms with Gasteiger partial charge in [-0.15, -0.1) is 0 Å². The van der Waals surface area contributed by atoms with E-state index in [1.807, 2.05) is 0 Å². The fraction of sp³-hybridized carbons (Fsp3) is 0.571. The van der Waals surface area contributed by atoms with E-state index in [0.29, 0.717) is 11.5 Å². The van der Waals surface area contributed by atoms with Crippen molar-refractivity contribution in [3.8, 4) is 0 Å². The molecule has 1 fully saturated rings. The van der Waals surface area contributed by atoms with Gasteiger partial charge in [0.1, 0.15) is 5.15 Å². The smallest absolute Gasteiger partial charge is 0.254 e. The Hall–Kier alpha value is -1.09. The second-order valence-corrected chi connectivity index (χ2v) is 5.40. The van der Waals surface area contributed by atoms with Gasteiger partial charge in [-0.05, 0) is 30.9 Å². The summed E-state index contributed by atoms with van der Waals surface area (Å²) in [5, 5.41) is 3.38. The van der Waals surface area contributed by atoms with Crippen LogP contribution in [0.2, 0.25) is 5.15 Å². The average molecular weight is 267 g/mol. The summed E-state index contributed by atoms with van der Waals surface area (Å²) in [6.45, 7) is 2.21. The number of aromatic nitrogens is 1. The van der Waals surface area contributed by atoms with Gasteiger partial charge in [0.2, 0.25) is 0 Å². The molecule has 0 bridgehead atoms. The average Bonchev–Trinajstić information content (AvgIpc) is 2.55. The molecule has 2 rings (SSSR count). The zero-order chi connectivity index (χ0) is 13.0. The molecule has 18 heavy (non-hydrogen) atoms. The van der Waals surface area contributed by atoms with Crippen LogP contribution < -0.4 is 5.32 Å². The van der Waals surface area contributed by atoms with Gasteiger partial charge in [0.05, 0.1) is 5.56 Å². The Morgan fingerprint density at radius 1 is 1.39 bits per heavy atom. The summed E-state index contributed by atoms with van der Waals surface area (Å²) < 4.78 is 0. The largest absolute Gasteiger partial charge is 0.349 e. The van der Waals surface area contributed by atoms with Crippen LogP contribution in [0, 0.1) is 5.92 Å². The lowest BCUT2D eigenvalue weighted by molar-refractivity contribution is 0.0921. The number of halogens is 1. The first kappa shape index (κ1) is 13.3. The molecule has 0 aliphatic heterocycles. The van der Waals surface area contributed by atoms with E-state index in [9.17, 15) is 4.79 Å². The van der Waals surface area contributed by atoms with E-state index in [1.165, 1.54) is 25.7 Å². The van der Waals surface area contributed by atoms with Gasteiger partial charge in [-0.3, -0.25) is 4.79 Å². The van der Waals surface area contributed by atoms with E-state index in [-0.39, 0.29) is 17.1 Å². The zero-order valence-electron chi connectivity index (χ0n) is 10.7. The van der Waals surface area contributed by atoms with Crippen molar-refractivity contribution in [1.29, 1.82) is 0 Å². The summed E-state index contributed by atoms with van der Waals surface area (Å²) in [5.41, 5.74) is 0.468. The fourth-order valence-corrected chi connectivity index (χ4v) is 2.71. The minimum Gasteiger partial charge on any atom is -0.349 e. The SMILES string of the molecule is CC1CCCCCC1NC(=O)c1cccnc1Cl. The van der Waals surface area contributed by atoms with E-state index in [2.05, 4.69) is 17.2 Å². The maximum Gasteiger partial charge on any atom is 0.254 e. The van der Waals surface area contributed by atoms with Crippen LogP contribution in [0.1, 0.15) is 49.4 Å². The minimum absolute atomic E-state index is 0.105. The van der Waals surface area contributed by atoms with Crippen LogP contribution >= 0.6 is 11.6 Å². The predicted molar refractivity (Wildman–Crippen MR) is 72.8 cm³/mol. The quantitative estimate of drug-likeness (QED) is 0.658. The molecule has 0 saturated heterocycles. The van der Waals surface area contributed by atoms with Crippen LogP contribution in [-0.2, 0) is 0 Å². The highest BCUT2D eigenvalue weighted by Gasteiger charge is 2.22. The zero-order valence-corrected chi connectivity index (χ0v) is 11.4. The molecule has 1 aromatic rings. The Balaban J connectivity index is 2.04. The van der Waals surface area contributed by atoms with Gasteiger partial charge < -0.3 is 5.32 Å². The lowest BCUT2D eigenvalue weighted by Gasteiger charge is -2.22. The van der Waals surface area contributed by atoms with E-state index in [0.717, 1.165) is 6.42 Å². The molecule has 1 amide bonds. The van der Waals surface area contributed by atoms with Crippen molar-refractivity contribution in [2.45, 2.75) is 45.1 Å². The van der Waals surface area contributed by atoms with Crippen LogP contribution in [0.5, 0.6) is 0 Å². The molecular formula is C14H19ClN2O.